The Labute approximate surface area is 129 Å². The minimum absolute atomic E-state index is 0.728. The lowest BCUT2D eigenvalue weighted by Gasteiger charge is -2.19. The second-order valence-corrected chi connectivity index (χ2v) is 6.98. The Morgan fingerprint density at radius 3 is 2.55 bits per heavy atom. The number of benzene rings is 1. The van der Waals surface area contributed by atoms with Crippen LogP contribution >= 0.6 is 11.6 Å². The summed E-state index contributed by atoms with van der Waals surface area (Å²) < 4.78 is 0. The molecule has 0 heterocycles. The van der Waals surface area contributed by atoms with E-state index in [1.807, 2.05) is 12.1 Å². The van der Waals surface area contributed by atoms with Crippen molar-refractivity contribution in [3.8, 4) is 0 Å². The van der Waals surface area contributed by atoms with Crippen LogP contribution in [0, 0.1) is 11.8 Å². The van der Waals surface area contributed by atoms with Crippen molar-refractivity contribution in [3.63, 3.8) is 0 Å². The number of rotatable bonds is 5. The molecule has 1 fully saturated rings. The first-order valence-electron chi connectivity index (χ1n) is 8.13. The van der Waals surface area contributed by atoms with Crippen molar-refractivity contribution in [2.75, 3.05) is 6.54 Å². The zero-order valence-electron chi connectivity index (χ0n) is 12.9. The van der Waals surface area contributed by atoms with Gasteiger partial charge in [-0.3, -0.25) is 0 Å². The molecule has 0 aliphatic heterocycles. The van der Waals surface area contributed by atoms with Gasteiger partial charge in [0.1, 0.15) is 0 Å². The number of halogens is 1. The van der Waals surface area contributed by atoms with Crippen molar-refractivity contribution < 1.29 is 0 Å². The highest BCUT2D eigenvalue weighted by molar-refractivity contribution is 6.30. The van der Waals surface area contributed by atoms with Gasteiger partial charge in [0.2, 0.25) is 0 Å². The topological polar surface area (TPSA) is 12.0 Å². The van der Waals surface area contributed by atoms with E-state index >= 15 is 0 Å². The highest BCUT2D eigenvalue weighted by Gasteiger charge is 2.20. The zero-order chi connectivity index (χ0) is 14.4. The van der Waals surface area contributed by atoms with Crippen LogP contribution in [0.1, 0.15) is 51.5 Å². The minimum Gasteiger partial charge on any atom is -0.314 e. The third kappa shape index (κ3) is 5.10. The molecule has 1 aromatic carbocycles. The van der Waals surface area contributed by atoms with Gasteiger partial charge < -0.3 is 5.32 Å². The molecule has 2 rings (SSSR count). The van der Waals surface area contributed by atoms with Crippen LogP contribution in [-0.4, -0.2) is 12.6 Å². The number of hydrogen-bond donors (Lipinski definition) is 1. The van der Waals surface area contributed by atoms with Crippen molar-refractivity contribution in [2.45, 2.75) is 58.4 Å². The predicted molar refractivity (Wildman–Crippen MR) is 88.4 cm³/mol. The Kier molecular flexibility index (Phi) is 6.38. The lowest BCUT2D eigenvalue weighted by atomic mass is 9.89. The maximum absolute atomic E-state index is 5.91. The van der Waals surface area contributed by atoms with Crippen molar-refractivity contribution in [2.24, 2.45) is 11.8 Å². The average Bonchev–Trinajstić information content (AvgIpc) is 2.67. The predicted octanol–water partition coefficient (Wildman–Crippen LogP) is 5.08. The highest BCUT2D eigenvalue weighted by Crippen LogP contribution is 2.28. The molecule has 0 aromatic heterocycles. The third-order valence-electron chi connectivity index (χ3n) is 4.72. The second kappa shape index (κ2) is 8.05. The van der Waals surface area contributed by atoms with E-state index in [2.05, 4.69) is 31.3 Å². The Balaban J connectivity index is 1.70. The Hall–Kier alpha value is -0.530. The SMILES string of the molecule is CC(C)C1CCCC(NCCc2ccc(Cl)cc2)CC1. The highest BCUT2D eigenvalue weighted by atomic mass is 35.5. The maximum Gasteiger partial charge on any atom is 0.0406 e. The summed E-state index contributed by atoms with van der Waals surface area (Å²) in [5.41, 5.74) is 1.37. The molecule has 2 unspecified atom stereocenters. The van der Waals surface area contributed by atoms with E-state index in [1.165, 1.54) is 37.7 Å². The molecule has 112 valence electrons. The molecule has 2 heteroatoms. The molecule has 1 nitrogen and oxygen atoms in total. The van der Waals surface area contributed by atoms with Crippen LogP contribution in [0.15, 0.2) is 24.3 Å². The van der Waals surface area contributed by atoms with Gasteiger partial charge >= 0.3 is 0 Å². The van der Waals surface area contributed by atoms with Gasteiger partial charge in [0.05, 0.1) is 0 Å². The molecule has 1 saturated carbocycles. The summed E-state index contributed by atoms with van der Waals surface area (Å²) in [6.07, 6.45) is 8.01. The van der Waals surface area contributed by atoms with Gasteiger partial charge in [-0.15, -0.1) is 0 Å². The molecular weight excluding hydrogens is 266 g/mol. The van der Waals surface area contributed by atoms with Gasteiger partial charge in [0, 0.05) is 11.1 Å². The molecule has 1 aliphatic rings. The van der Waals surface area contributed by atoms with E-state index in [0.29, 0.717) is 0 Å². The fourth-order valence-corrected chi connectivity index (χ4v) is 3.40. The van der Waals surface area contributed by atoms with E-state index in [0.717, 1.165) is 35.9 Å². The number of nitrogens with one attached hydrogen (secondary N) is 1. The normalized spacial score (nSPS) is 23.8. The summed E-state index contributed by atoms with van der Waals surface area (Å²) in [6.45, 7) is 5.83. The van der Waals surface area contributed by atoms with Crippen LogP contribution in [0.25, 0.3) is 0 Å². The van der Waals surface area contributed by atoms with Crippen molar-refractivity contribution in [3.05, 3.63) is 34.9 Å². The van der Waals surface area contributed by atoms with E-state index in [1.54, 1.807) is 0 Å². The molecule has 0 saturated heterocycles. The smallest absolute Gasteiger partial charge is 0.0406 e. The first kappa shape index (κ1) is 15.9. The molecule has 1 N–H and O–H groups in total. The lowest BCUT2D eigenvalue weighted by Crippen LogP contribution is -2.30. The summed E-state index contributed by atoms with van der Waals surface area (Å²) in [6, 6.07) is 8.95. The standard InChI is InChI=1S/C18H28ClN/c1-14(2)16-4-3-5-18(11-8-16)20-13-12-15-6-9-17(19)10-7-15/h6-7,9-10,14,16,18,20H,3-5,8,11-13H2,1-2H3. The molecule has 0 spiro atoms. The lowest BCUT2D eigenvalue weighted by molar-refractivity contribution is 0.338. The van der Waals surface area contributed by atoms with E-state index in [9.17, 15) is 0 Å². The first-order chi connectivity index (χ1) is 9.65. The molecular formula is C18H28ClN. The van der Waals surface area contributed by atoms with Crippen LogP contribution in [0.5, 0.6) is 0 Å². The van der Waals surface area contributed by atoms with Crippen molar-refractivity contribution >= 4 is 11.6 Å². The van der Waals surface area contributed by atoms with Gasteiger partial charge in [-0.05, 0) is 61.8 Å². The maximum atomic E-state index is 5.91. The summed E-state index contributed by atoms with van der Waals surface area (Å²) in [5, 5.41) is 4.58. The molecule has 0 amide bonds. The molecule has 1 aliphatic carbocycles. The Bertz CT molecular complexity index is 385. The van der Waals surface area contributed by atoms with Crippen LogP contribution < -0.4 is 5.32 Å². The fraction of sp³-hybridized carbons (Fsp3) is 0.667. The van der Waals surface area contributed by atoms with Gasteiger partial charge in [-0.2, -0.15) is 0 Å². The first-order valence-corrected chi connectivity index (χ1v) is 8.51. The summed E-state index contributed by atoms with van der Waals surface area (Å²) >= 11 is 5.91. The van der Waals surface area contributed by atoms with Crippen LogP contribution in [0.4, 0.5) is 0 Å². The second-order valence-electron chi connectivity index (χ2n) is 6.54. The Morgan fingerprint density at radius 1 is 1.10 bits per heavy atom. The number of hydrogen-bond acceptors (Lipinski definition) is 1. The summed E-state index contributed by atoms with van der Waals surface area (Å²) in [4.78, 5) is 0. The quantitative estimate of drug-likeness (QED) is 0.747. The average molecular weight is 294 g/mol. The van der Waals surface area contributed by atoms with Gasteiger partial charge in [0.25, 0.3) is 0 Å². The van der Waals surface area contributed by atoms with Crippen molar-refractivity contribution in [1.82, 2.24) is 5.32 Å². The Morgan fingerprint density at radius 2 is 1.85 bits per heavy atom. The van der Waals surface area contributed by atoms with Crippen molar-refractivity contribution in [1.29, 1.82) is 0 Å². The van der Waals surface area contributed by atoms with Gasteiger partial charge in [-0.1, -0.05) is 50.4 Å². The van der Waals surface area contributed by atoms with Crippen LogP contribution in [0.2, 0.25) is 5.02 Å². The van der Waals surface area contributed by atoms with E-state index in [-0.39, 0.29) is 0 Å². The minimum atomic E-state index is 0.728. The third-order valence-corrected chi connectivity index (χ3v) is 4.97. The summed E-state index contributed by atoms with van der Waals surface area (Å²) in [7, 11) is 0. The van der Waals surface area contributed by atoms with Crippen LogP contribution in [0.3, 0.4) is 0 Å². The fourth-order valence-electron chi connectivity index (χ4n) is 3.27. The molecule has 0 bridgehead atoms. The van der Waals surface area contributed by atoms with Crippen LogP contribution in [-0.2, 0) is 6.42 Å². The van der Waals surface area contributed by atoms with Gasteiger partial charge in [0.15, 0.2) is 0 Å². The largest absolute Gasteiger partial charge is 0.314 e. The van der Waals surface area contributed by atoms with E-state index < -0.39 is 0 Å². The molecule has 20 heavy (non-hydrogen) atoms. The van der Waals surface area contributed by atoms with E-state index in [4.69, 9.17) is 11.6 Å². The zero-order valence-corrected chi connectivity index (χ0v) is 13.6. The molecule has 1 aromatic rings. The molecule has 0 radical (unpaired) electrons. The molecule has 2 atom stereocenters. The van der Waals surface area contributed by atoms with Gasteiger partial charge in [-0.25, -0.2) is 0 Å². The summed E-state index contributed by atoms with van der Waals surface area (Å²) in [5.74, 6) is 1.79. The monoisotopic (exact) mass is 293 g/mol.